The average molecular weight is 483 g/mol. The highest BCUT2D eigenvalue weighted by molar-refractivity contribution is 8.00. The van der Waals surface area contributed by atoms with Gasteiger partial charge in [0.05, 0.1) is 17.0 Å². The summed E-state index contributed by atoms with van der Waals surface area (Å²) in [5, 5.41) is 15.7. The van der Waals surface area contributed by atoms with Crippen molar-refractivity contribution in [2.75, 3.05) is 11.1 Å². The van der Waals surface area contributed by atoms with E-state index in [2.05, 4.69) is 40.6 Å². The molecule has 0 spiro atoms. The number of aryl methyl sites for hydroxylation is 1. The van der Waals surface area contributed by atoms with Gasteiger partial charge in [0.15, 0.2) is 5.13 Å². The first-order valence-corrected chi connectivity index (χ1v) is 13.0. The Kier molecular flexibility index (Phi) is 6.70. The zero-order chi connectivity index (χ0) is 23.3. The molecular weight excluding hydrogens is 460 g/mol. The van der Waals surface area contributed by atoms with Crippen LogP contribution < -0.4 is 5.32 Å². The van der Waals surface area contributed by atoms with Gasteiger partial charge in [0.1, 0.15) is 11.1 Å². The predicted molar refractivity (Wildman–Crippen MR) is 137 cm³/mol. The summed E-state index contributed by atoms with van der Waals surface area (Å²) < 4.78 is 0. The number of rotatable bonds is 6. The van der Waals surface area contributed by atoms with Crippen molar-refractivity contribution in [1.29, 1.82) is 5.26 Å². The number of thiazole rings is 1. The summed E-state index contributed by atoms with van der Waals surface area (Å²) >= 11 is 2.70. The highest BCUT2D eigenvalue weighted by Crippen LogP contribution is 2.34. The Morgan fingerprint density at radius 2 is 1.88 bits per heavy atom. The number of fused-ring (bicyclic) bond motifs is 1. The normalized spacial score (nSPS) is 14.7. The van der Waals surface area contributed by atoms with Gasteiger partial charge in [0.2, 0.25) is 5.91 Å². The van der Waals surface area contributed by atoms with E-state index in [0.29, 0.717) is 21.6 Å². The third kappa shape index (κ3) is 5.04. The molecule has 2 aromatic heterocycles. The molecule has 34 heavy (non-hydrogen) atoms. The summed E-state index contributed by atoms with van der Waals surface area (Å²) in [7, 11) is 0. The van der Waals surface area contributed by atoms with Gasteiger partial charge >= 0.3 is 0 Å². The van der Waals surface area contributed by atoms with Crippen LogP contribution in [0.25, 0.3) is 11.3 Å². The number of nitriles is 1. The predicted octanol–water partition coefficient (Wildman–Crippen LogP) is 6.08. The molecule has 0 fully saturated rings. The fourth-order valence-electron chi connectivity index (χ4n) is 4.21. The van der Waals surface area contributed by atoms with Gasteiger partial charge in [-0.1, -0.05) is 72.4 Å². The number of nitrogens with zero attached hydrogens (tertiary/aromatic N) is 3. The van der Waals surface area contributed by atoms with Gasteiger partial charge in [-0.05, 0) is 42.4 Å². The standard InChI is InChI=1S/C27H22N4OS2/c28-15-22-14-21-13-20(18-7-3-1-4-8-18)11-12-23(21)29-26(22)33-17-25(32)31-27-30-24(16-34-27)19-9-5-2-6-10-19/h1-10,14,16,20H,11-13,17H2,(H,30,31,32)/t20-/m1/s1. The van der Waals surface area contributed by atoms with Gasteiger partial charge in [-0.3, -0.25) is 4.79 Å². The monoisotopic (exact) mass is 482 g/mol. The number of pyridine rings is 1. The molecule has 5 rings (SSSR count). The lowest BCUT2D eigenvalue weighted by molar-refractivity contribution is -0.113. The van der Waals surface area contributed by atoms with Crippen molar-refractivity contribution >= 4 is 34.1 Å². The zero-order valence-corrected chi connectivity index (χ0v) is 20.0. The second kappa shape index (κ2) is 10.2. The number of hydrogen-bond donors (Lipinski definition) is 1. The lowest BCUT2D eigenvalue weighted by atomic mass is 9.82. The molecule has 0 radical (unpaired) electrons. The zero-order valence-electron chi connectivity index (χ0n) is 18.4. The number of aromatic nitrogens is 2. The highest BCUT2D eigenvalue weighted by atomic mass is 32.2. The van der Waals surface area contributed by atoms with Crippen molar-refractivity contribution in [2.45, 2.75) is 30.2 Å². The van der Waals surface area contributed by atoms with Crippen molar-refractivity contribution < 1.29 is 4.79 Å². The van der Waals surface area contributed by atoms with Crippen LogP contribution >= 0.6 is 23.1 Å². The van der Waals surface area contributed by atoms with Crippen LogP contribution in [0.5, 0.6) is 0 Å². The molecule has 2 heterocycles. The van der Waals surface area contributed by atoms with Crippen molar-refractivity contribution in [3.63, 3.8) is 0 Å². The van der Waals surface area contributed by atoms with Gasteiger partial charge in [-0.15, -0.1) is 11.3 Å². The molecule has 1 aliphatic carbocycles. The Balaban J connectivity index is 1.23. The SMILES string of the molecule is N#Cc1cc2c(nc1SCC(=O)Nc1nc(-c3ccccc3)cs1)CC[C@@H](c1ccccc1)C2. The summed E-state index contributed by atoms with van der Waals surface area (Å²) in [5.41, 5.74) is 5.90. The second-order valence-electron chi connectivity index (χ2n) is 8.15. The van der Waals surface area contributed by atoms with Crippen LogP contribution in [0.3, 0.4) is 0 Å². The number of carbonyl (C=O) groups is 1. The Morgan fingerprint density at radius 3 is 2.65 bits per heavy atom. The van der Waals surface area contributed by atoms with E-state index in [-0.39, 0.29) is 11.7 Å². The molecule has 4 aromatic rings. The summed E-state index contributed by atoms with van der Waals surface area (Å²) in [6.45, 7) is 0. The van der Waals surface area contributed by atoms with E-state index in [1.165, 1.54) is 28.7 Å². The molecule has 0 saturated carbocycles. The lowest BCUT2D eigenvalue weighted by Crippen LogP contribution is -2.16. The van der Waals surface area contributed by atoms with Crippen molar-refractivity contribution in [2.24, 2.45) is 0 Å². The van der Waals surface area contributed by atoms with Crippen LogP contribution in [-0.4, -0.2) is 21.6 Å². The van der Waals surface area contributed by atoms with E-state index in [1.54, 1.807) is 0 Å². The van der Waals surface area contributed by atoms with Gasteiger partial charge < -0.3 is 5.32 Å². The van der Waals surface area contributed by atoms with Gasteiger partial charge in [0, 0.05) is 16.6 Å². The number of anilines is 1. The number of benzene rings is 2. The van der Waals surface area contributed by atoms with E-state index in [1.807, 2.05) is 47.8 Å². The van der Waals surface area contributed by atoms with Gasteiger partial charge in [0.25, 0.3) is 0 Å². The van der Waals surface area contributed by atoms with E-state index in [0.717, 1.165) is 41.8 Å². The Labute approximate surface area is 206 Å². The summed E-state index contributed by atoms with van der Waals surface area (Å²) in [6.07, 6.45) is 2.80. The fourth-order valence-corrected chi connectivity index (χ4v) is 5.72. The van der Waals surface area contributed by atoms with E-state index >= 15 is 0 Å². The van der Waals surface area contributed by atoms with Crippen LogP contribution in [0.2, 0.25) is 0 Å². The molecule has 1 N–H and O–H groups in total. The maximum absolute atomic E-state index is 12.5. The molecule has 1 aliphatic rings. The van der Waals surface area contributed by atoms with Crippen molar-refractivity contribution in [3.8, 4) is 17.3 Å². The first kappa shape index (κ1) is 22.3. The van der Waals surface area contributed by atoms with E-state index in [9.17, 15) is 10.1 Å². The Hall–Kier alpha value is -3.47. The average Bonchev–Trinajstić information content (AvgIpc) is 3.36. The minimum Gasteiger partial charge on any atom is -0.301 e. The molecule has 1 atom stereocenters. The summed E-state index contributed by atoms with van der Waals surface area (Å²) in [5.74, 6) is 0.463. The third-order valence-corrected chi connectivity index (χ3v) is 7.65. The Morgan fingerprint density at radius 1 is 1.12 bits per heavy atom. The lowest BCUT2D eigenvalue weighted by Gasteiger charge is -2.25. The molecule has 2 aromatic carbocycles. The molecule has 1 amide bonds. The molecule has 7 heteroatoms. The molecular formula is C27H22N4OS2. The molecule has 5 nitrogen and oxygen atoms in total. The smallest absolute Gasteiger partial charge is 0.236 e. The minimum atomic E-state index is -0.161. The number of carbonyl (C=O) groups excluding carboxylic acids is 1. The van der Waals surface area contributed by atoms with Crippen LogP contribution in [0.1, 0.15) is 34.7 Å². The van der Waals surface area contributed by atoms with Gasteiger partial charge in [-0.2, -0.15) is 5.26 Å². The fraction of sp³-hybridized carbons (Fsp3) is 0.185. The molecule has 0 aliphatic heterocycles. The van der Waals surface area contributed by atoms with Crippen LogP contribution in [0.4, 0.5) is 5.13 Å². The molecule has 0 saturated heterocycles. The summed E-state index contributed by atoms with van der Waals surface area (Å²) in [4.78, 5) is 21.8. The van der Waals surface area contributed by atoms with Crippen LogP contribution in [0, 0.1) is 11.3 Å². The van der Waals surface area contributed by atoms with Crippen molar-refractivity contribution in [3.05, 3.63) is 94.5 Å². The number of nitrogens with one attached hydrogen (secondary N) is 1. The summed E-state index contributed by atoms with van der Waals surface area (Å²) in [6, 6.07) is 24.6. The third-order valence-electron chi connectivity index (χ3n) is 5.90. The highest BCUT2D eigenvalue weighted by Gasteiger charge is 2.23. The molecule has 168 valence electrons. The molecule has 0 unspecified atom stereocenters. The largest absolute Gasteiger partial charge is 0.301 e. The minimum absolute atomic E-state index is 0.161. The second-order valence-corrected chi connectivity index (χ2v) is 9.97. The first-order valence-electron chi connectivity index (χ1n) is 11.1. The number of amides is 1. The first-order chi connectivity index (χ1) is 16.7. The number of hydrogen-bond acceptors (Lipinski definition) is 6. The van der Waals surface area contributed by atoms with Crippen LogP contribution in [-0.2, 0) is 17.6 Å². The maximum atomic E-state index is 12.5. The van der Waals surface area contributed by atoms with Gasteiger partial charge in [-0.25, -0.2) is 9.97 Å². The molecule has 0 bridgehead atoms. The topological polar surface area (TPSA) is 78.7 Å². The quantitative estimate of drug-likeness (QED) is 0.337. The maximum Gasteiger partial charge on any atom is 0.236 e. The van der Waals surface area contributed by atoms with E-state index < -0.39 is 0 Å². The van der Waals surface area contributed by atoms with Crippen LogP contribution in [0.15, 0.2) is 77.1 Å². The Bertz CT molecular complexity index is 1350. The van der Waals surface area contributed by atoms with Crippen molar-refractivity contribution in [1.82, 2.24) is 9.97 Å². The van der Waals surface area contributed by atoms with E-state index in [4.69, 9.17) is 4.98 Å². The number of thioether (sulfide) groups is 1.